The topological polar surface area (TPSA) is 76.1 Å². The zero-order valence-electron chi connectivity index (χ0n) is 10.7. The Labute approximate surface area is 105 Å². The van der Waals surface area contributed by atoms with Crippen molar-refractivity contribution in [2.45, 2.75) is 6.92 Å². The number of carbonyl (C=O) groups excluding carboxylic acids is 1. The predicted molar refractivity (Wildman–Crippen MR) is 65.3 cm³/mol. The van der Waals surface area contributed by atoms with Crippen LogP contribution < -0.4 is 14.4 Å². The summed E-state index contributed by atoms with van der Waals surface area (Å²) in [5.74, 6) is -1.54. The van der Waals surface area contributed by atoms with Gasteiger partial charge in [0.1, 0.15) is 11.5 Å². The Kier molecular flexibility index (Phi) is 4.14. The van der Waals surface area contributed by atoms with Crippen LogP contribution in [-0.2, 0) is 9.59 Å². The number of carbonyl (C=O) groups is 2. The van der Waals surface area contributed by atoms with Crippen LogP contribution >= 0.6 is 0 Å². The molecule has 98 valence electrons. The van der Waals surface area contributed by atoms with Gasteiger partial charge in [0.15, 0.2) is 0 Å². The van der Waals surface area contributed by atoms with E-state index in [9.17, 15) is 9.59 Å². The molecule has 6 heteroatoms. The third-order valence-corrected chi connectivity index (χ3v) is 2.61. The standard InChI is InChI=1S/C12H15NO5/c1-7-9(17-3)6-5-8(10(7)18-4)13(2)11(14)12(15)16/h5-6H,1-4H3,(H,15,16). The highest BCUT2D eigenvalue weighted by molar-refractivity contribution is 6.37. The Morgan fingerprint density at radius 2 is 1.83 bits per heavy atom. The summed E-state index contributed by atoms with van der Waals surface area (Å²) in [4.78, 5) is 23.1. The molecule has 0 aliphatic rings. The third kappa shape index (κ3) is 2.37. The Hall–Kier alpha value is -2.24. The molecular weight excluding hydrogens is 238 g/mol. The molecule has 0 saturated carbocycles. The van der Waals surface area contributed by atoms with Crippen molar-refractivity contribution in [2.75, 3.05) is 26.2 Å². The van der Waals surface area contributed by atoms with E-state index in [4.69, 9.17) is 14.6 Å². The Balaban J connectivity index is 3.29. The van der Waals surface area contributed by atoms with Crippen LogP contribution in [0.25, 0.3) is 0 Å². The maximum Gasteiger partial charge on any atom is 0.394 e. The fraction of sp³-hybridized carbons (Fsp3) is 0.333. The Morgan fingerprint density at radius 1 is 1.22 bits per heavy atom. The summed E-state index contributed by atoms with van der Waals surface area (Å²) in [5.41, 5.74) is 1.07. The molecule has 0 unspecified atom stereocenters. The highest BCUT2D eigenvalue weighted by Crippen LogP contribution is 2.36. The number of carboxylic acid groups (broad SMARTS) is 1. The maximum absolute atomic E-state index is 11.4. The van der Waals surface area contributed by atoms with Gasteiger partial charge in [-0.2, -0.15) is 0 Å². The minimum atomic E-state index is -1.52. The van der Waals surface area contributed by atoms with Gasteiger partial charge in [0.25, 0.3) is 0 Å². The Morgan fingerprint density at radius 3 is 2.28 bits per heavy atom. The van der Waals surface area contributed by atoms with Crippen LogP contribution in [0.2, 0.25) is 0 Å². The minimum Gasteiger partial charge on any atom is -0.496 e. The number of anilines is 1. The third-order valence-electron chi connectivity index (χ3n) is 2.61. The molecule has 0 aliphatic carbocycles. The van der Waals surface area contributed by atoms with Crippen molar-refractivity contribution < 1.29 is 24.2 Å². The summed E-state index contributed by atoms with van der Waals surface area (Å²) < 4.78 is 10.3. The van der Waals surface area contributed by atoms with Crippen molar-refractivity contribution in [2.24, 2.45) is 0 Å². The van der Waals surface area contributed by atoms with Gasteiger partial charge in [0.2, 0.25) is 0 Å². The molecule has 0 heterocycles. The number of ether oxygens (including phenoxy) is 2. The van der Waals surface area contributed by atoms with Gasteiger partial charge in [-0.15, -0.1) is 0 Å². The van der Waals surface area contributed by atoms with Crippen LogP contribution in [0, 0.1) is 6.92 Å². The number of amides is 1. The van der Waals surface area contributed by atoms with E-state index in [1.165, 1.54) is 21.3 Å². The van der Waals surface area contributed by atoms with E-state index in [0.717, 1.165) is 4.90 Å². The van der Waals surface area contributed by atoms with E-state index in [1.54, 1.807) is 19.1 Å². The van der Waals surface area contributed by atoms with Gasteiger partial charge in [0.05, 0.1) is 19.9 Å². The Bertz CT molecular complexity index is 484. The summed E-state index contributed by atoms with van der Waals surface area (Å²) >= 11 is 0. The molecule has 0 aliphatic heterocycles. The normalized spacial score (nSPS) is 9.78. The molecule has 1 rings (SSSR count). The lowest BCUT2D eigenvalue weighted by atomic mass is 10.1. The second-order valence-electron chi connectivity index (χ2n) is 3.61. The number of hydrogen-bond donors (Lipinski definition) is 1. The van der Waals surface area contributed by atoms with Crippen molar-refractivity contribution >= 4 is 17.6 Å². The van der Waals surface area contributed by atoms with Gasteiger partial charge in [0, 0.05) is 12.6 Å². The number of nitrogens with zero attached hydrogens (tertiary/aromatic N) is 1. The predicted octanol–water partition coefficient (Wildman–Crippen LogP) is 1.06. The van der Waals surface area contributed by atoms with Crippen molar-refractivity contribution in [3.8, 4) is 11.5 Å². The first kappa shape index (κ1) is 13.8. The van der Waals surface area contributed by atoms with E-state index in [-0.39, 0.29) is 0 Å². The van der Waals surface area contributed by atoms with Gasteiger partial charge in [-0.1, -0.05) is 0 Å². The molecule has 1 amide bonds. The molecule has 0 saturated heterocycles. The average Bonchev–Trinajstić information content (AvgIpc) is 2.36. The van der Waals surface area contributed by atoms with Crippen LogP contribution in [0.3, 0.4) is 0 Å². The largest absolute Gasteiger partial charge is 0.496 e. The smallest absolute Gasteiger partial charge is 0.394 e. The van der Waals surface area contributed by atoms with Gasteiger partial charge in [-0.25, -0.2) is 4.79 Å². The number of benzene rings is 1. The summed E-state index contributed by atoms with van der Waals surface area (Å²) in [7, 11) is 4.35. The van der Waals surface area contributed by atoms with Crippen molar-refractivity contribution in [3.63, 3.8) is 0 Å². The number of rotatable bonds is 3. The minimum absolute atomic E-state index is 0.378. The SMILES string of the molecule is COc1ccc(N(C)C(=O)C(=O)O)c(OC)c1C. The number of methoxy groups -OCH3 is 2. The lowest BCUT2D eigenvalue weighted by Crippen LogP contribution is -2.33. The van der Waals surface area contributed by atoms with E-state index < -0.39 is 11.9 Å². The zero-order chi connectivity index (χ0) is 13.9. The van der Waals surface area contributed by atoms with E-state index in [1.807, 2.05) is 0 Å². The van der Waals surface area contributed by atoms with E-state index >= 15 is 0 Å². The molecule has 0 spiro atoms. The van der Waals surface area contributed by atoms with Crippen LogP contribution in [0.15, 0.2) is 12.1 Å². The first-order valence-electron chi connectivity index (χ1n) is 5.16. The monoisotopic (exact) mass is 253 g/mol. The molecule has 1 aromatic rings. The molecular formula is C12H15NO5. The lowest BCUT2D eigenvalue weighted by molar-refractivity contribution is -0.148. The summed E-state index contributed by atoms with van der Waals surface area (Å²) in [6.07, 6.45) is 0. The maximum atomic E-state index is 11.4. The van der Waals surface area contributed by atoms with Crippen LogP contribution in [0.5, 0.6) is 11.5 Å². The van der Waals surface area contributed by atoms with Gasteiger partial charge >= 0.3 is 11.9 Å². The van der Waals surface area contributed by atoms with Crippen LogP contribution in [-0.4, -0.2) is 38.3 Å². The molecule has 0 atom stereocenters. The zero-order valence-corrected chi connectivity index (χ0v) is 10.7. The van der Waals surface area contributed by atoms with Gasteiger partial charge in [-0.3, -0.25) is 4.79 Å². The fourth-order valence-corrected chi connectivity index (χ4v) is 1.66. The fourth-order valence-electron chi connectivity index (χ4n) is 1.66. The number of carboxylic acids is 1. The molecule has 0 fully saturated rings. The van der Waals surface area contributed by atoms with Gasteiger partial charge in [-0.05, 0) is 19.1 Å². The first-order chi connectivity index (χ1) is 8.43. The summed E-state index contributed by atoms with van der Waals surface area (Å²) in [5, 5.41) is 8.69. The summed E-state index contributed by atoms with van der Waals surface area (Å²) in [6.45, 7) is 1.76. The van der Waals surface area contributed by atoms with E-state index in [2.05, 4.69) is 0 Å². The lowest BCUT2D eigenvalue weighted by Gasteiger charge is -2.20. The molecule has 0 radical (unpaired) electrons. The van der Waals surface area contributed by atoms with Crippen molar-refractivity contribution in [1.82, 2.24) is 0 Å². The molecule has 1 N–H and O–H groups in total. The van der Waals surface area contributed by atoms with Crippen LogP contribution in [0.4, 0.5) is 5.69 Å². The molecule has 6 nitrogen and oxygen atoms in total. The van der Waals surface area contributed by atoms with E-state index in [0.29, 0.717) is 22.7 Å². The van der Waals surface area contributed by atoms with Gasteiger partial charge < -0.3 is 19.5 Å². The second kappa shape index (κ2) is 5.39. The molecule has 18 heavy (non-hydrogen) atoms. The highest BCUT2D eigenvalue weighted by atomic mass is 16.5. The average molecular weight is 253 g/mol. The quantitative estimate of drug-likeness (QED) is 0.815. The number of hydrogen-bond acceptors (Lipinski definition) is 4. The first-order valence-corrected chi connectivity index (χ1v) is 5.16. The molecule has 0 bridgehead atoms. The number of likely N-dealkylation sites (N-methyl/N-ethyl adjacent to an activating group) is 1. The number of aliphatic carboxylic acids is 1. The summed E-state index contributed by atoms with van der Waals surface area (Å²) in [6, 6.07) is 3.23. The van der Waals surface area contributed by atoms with Crippen LogP contribution in [0.1, 0.15) is 5.56 Å². The highest BCUT2D eigenvalue weighted by Gasteiger charge is 2.23. The molecule has 1 aromatic carbocycles. The van der Waals surface area contributed by atoms with Crippen molar-refractivity contribution in [1.29, 1.82) is 0 Å². The second-order valence-corrected chi connectivity index (χ2v) is 3.61. The van der Waals surface area contributed by atoms with Crippen molar-refractivity contribution in [3.05, 3.63) is 17.7 Å². The molecule has 0 aromatic heterocycles.